The molecule has 2 N–H and O–H groups in total. The monoisotopic (exact) mass is 415 g/mol. The molecule has 9 heteroatoms. The van der Waals surface area contributed by atoms with Crippen LogP contribution in [0.2, 0.25) is 0 Å². The average molecular weight is 415 g/mol. The molecule has 162 valence electrons. The molecule has 0 spiro atoms. The van der Waals surface area contributed by atoms with Crippen LogP contribution in [-0.2, 0) is 4.79 Å². The quantitative estimate of drug-likeness (QED) is 0.654. The van der Waals surface area contributed by atoms with Gasteiger partial charge in [-0.2, -0.15) is 5.10 Å². The molecule has 1 aromatic carbocycles. The highest BCUT2D eigenvalue weighted by Gasteiger charge is 2.33. The van der Waals surface area contributed by atoms with Crippen molar-refractivity contribution in [2.24, 2.45) is 0 Å². The highest BCUT2D eigenvalue weighted by atomic mass is 16.5. The van der Waals surface area contributed by atoms with Crippen molar-refractivity contribution >= 4 is 11.8 Å². The van der Waals surface area contributed by atoms with Gasteiger partial charge < -0.3 is 19.7 Å². The molecule has 1 aliphatic heterocycles. The molecule has 0 aliphatic carbocycles. The second-order valence-electron chi connectivity index (χ2n) is 7.45. The number of benzene rings is 1. The highest BCUT2D eigenvalue weighted by Crippen LogP contribution is 2.27. The number of hydrogen-bond donors (Lipinski definition) is 2. The number of methoxy groups -OCH3 is 1. The summed E-state index contributed by atoms with van der Waals surface area (Å²) >= 11 is 0. The summed E-state index contributed by atoms with van der Waals surface area (Å²) < 4.78 is 11.1. The van der Waals surface area contributed by atoms with Gasteiger partial charge in [0.25, 0.3) is 5.91 Å². The molecule has 0 unspecified atom stereocenters. The highest BCUT2D eigenvalue weighted by molar-refractivity contribution is 5.95. The molecule has 2 aromatic rings. The number of carbonyl (C=O) groups excluding carboxylic acids is 2. The second-order valence-corrected chi connectivity index (χ2v) is 7.45. The Labute approximate surface area is 176 Å². The Kier molecular flexibility index (Phi) is 6.94. The Hall–Kier alpha value is -3.07. The Morgan fingerprint density at radius 1 is 1.27 bits per heavy atom. The fourth-order valence-electron chi connectivity index (χ4n) is 3.42. The van der Waals surface area contributed by atoms with E-state index in [9.17, 15) is 9.59 Å². The molecule has 0 saturated carbocycles. The zero-order chi connectivity index (χ0) is 21.7. The van der Waals surface area contributed by atoms with Gasteiger partial charge >= 0.3 is 0 Å². The van der Waals surface area contributed by atoms with E-state index in [0.29, 0.717) is 49.8 Å². The minimum Gasteiger partial charge on any atom is -0.493 e. The molecule has 1 atom stereocenters. The minimum atomic E-state index is -0.413. The van der Waals surface area contributed by atoms with E-state index < -0.39 is 6.04 Å². The van der Waals surface area contributed by atoms with E-state index in [2.05, 4.69) is 15.5 Å². The van der Waals surface area contributed by atoms with Gasteiger partial charge in [0.15, 0.2) is 11.5 Å². The molecule has 0 radical (unpaired) electrons. The number of H-pyrrole nitrogens is 1. The van der Waals surface area contributed by atoms with Crippen LogP contribution in [0, 0.1) is 13.8 Å². The van der Waals surface area contributed by atoms with Crippen LogP contribution in [0.15, 0.2) is 24.4 Å². The van der Waals surface area contributed by atoms with Gasteiger partial charge in [0.05, 0.1) is 25.4 Å². The predicted molar refractivity (Wildman–Crippen MR) is 112 cm³/mol. The number of aromatic amines is 1. The van der Waals surface area contributed by atoms with Gasteiger partial charge in [-0.05, 0) is 38.6 Å². The number of aryl methyl sites for hydroxylation is 2. The normalized spacial score (nSPS) is 16.9. The summed E-state index contributed by atoms with van der Waals surface area (Å²) in [6, 6.07) is 5.29. The summed E-state index contributed by atoms with van der Waals surface area (Å²) in [6.07, 6.45) is 1.53. The SMILES string of the molecule is COc1cc(C)ccc1OCCNC(=O)[C@@H]1CN(C(=O)c2cn[nH]c2C)CCN1C. The standard InChI is InChI=1S/C21H29N5O4/c1-14-5-6-18(19(11-14)29-4)30-10-7-22-20(27)17-13-26(9-8-25(17)3)21(28)16-12-23-24-15(16)2/h5-6,11-12,17H,7-10,13H2,1-4H3,(H,22,27)(H,23,24)/t17-/m0/s1. The number of likely N-dealkylation sites (N-methyl/N-ethyl adjacent to an activating group) is 1. The summed E-state index contributed by atoms with van der Waals surface area (Å²) in [6.45, 7) is 5.99. The van der Waals surface area contributed by atoms with E-state index in [1.165, 1.54) is 6.20 Å². The predicted octanol–water partition coefficient (Wildman–Crippen LogP) is 0.987. The lowest BCUT2D eigenvalue weighted by Gasteiger charge is -2.38. The van der Waals surface area contributed by atoms with Crippen molar-refractivity contribution in [3.05, 3.63) is 41.2 Å². The maximum Gasteiger partial charge on any atom is 0.257 e. The van der Waals surface area contributed by atoms with Crippen LogP contribution in [0.1, 0.15) is 21.6 Å². The third-order valence-electron chi connectivity index (χ3n) is 5.28. The number of hydrogen-bond acceptors (Lipinski definition) is 6. The van der Waals surface area contributed by atoms with Gasteiger partial charge in [-0.25, -0.2) is 0 Å². The van der Waals surface area contributed by atoms with Crippen LogP contribution in [-0.4, -0.2) is 84.8 Å². The first-order valence-corrected chi connectivity index (χ1v) is 9.95. The van der Waals surface area contributed by atoms with Crippen molar-refractivity contribution in [2.45, 2.75) is 19.9 Å². The lowest BCUT2D eigenvalue weighted by molar-refractivity contribution is -0.127. The molecule has 1 saturated heterocycles. The molecule has 0 bridgehead atoms. The number of aromatic nitrogens is 2. The summed E-state index contributed by atoms with van der Waals surface area (Å²) in [5.41, 5.74) is 2.35. The lowest BCUT2D eigenvalue weighted by atomic mass is 10.1. The number of piperazine rings is 1. The van der Waals surface area contributed by atoms with E-state index in [4.69, 9.17) is 9.47 Å². The van der Waals surface area contributed by atoms with Gasteiger partial charge in [-0.3, -0.25) is 19.6 Å². The summed E-state index contributed by atoms with van der Waals surface area (Å²) in [4.78, 5) is 29.1. The number of ether oxygens (including phenoxy) is 2. The largest absolute Gasteiger partial charge is 0.493 e. The third kappa shape index (κ3) is 4.91. The van der Waals surface area contributed by atoms with Crippen molar-refractivity contribution < 1.29 is 19.1 Å². The van der Waals surface area contributed by atoms with Crippen LogP contribution in [0.3, 0.4) is 0 Å². The smallest absolute Gasteiger partial charge is 0.257 e. The van der Waals surface area contributed by atoms with Gasteiger partial charge in [0.1, 0.15) is 12.6 Å². The molecule has 2 heterocycles. The van der Waals surface area contributed by atoms with Crippen LogP contribution in [0.5, 0.6) is 11.5 Å². The molecular formula is C21H29N5O4. The van der Waals surface area contributed by atoms with Crippen LogP contribution >= 0.6 is 0 Å². The Morgan fingerprint density at radius 2 is 2.07 bits per heavy atom. The van der Waals surface area contributed by atoms with Crippen LogP contribution in [0.4, 0.5) is 0 Å². The van der Waals surface area contributed by atoms with Crippen molar-refractivity contribution in [1.82, 2.24) is 25.3 Å². The number of carbonyl (C=O) groups is 2. The fourth-order valence-corrected chi connectivity index (χ4v) is 3.42. The minimum absolute atomic E-state index is 0.109. The van der Waals surface area contributed by atoms with Gasteiger partial charge in [0.2, 0.25) is 5.91 Å². The van der Waals surface area contributed by atoms with Crippen LogP contribution < -0.4 is 14.8 Å². The first-order valence-electron chi connectivity index (χ1n) is 9.95. The number of nitrogens with zero attached hydrogens (tertiary/aromatic N) is 3. The molecule has 30 heavy (non-hydrogen) atoms. The first kappa shape index (κ1) is 21.6. The molecular weight excluding hydrogens is 386 g/mol. The number of amides is 2. The second kappa shape index (κ2) is 9.62. The van der Waals surface area contributed by atoms with E-state index >= 15 is 0 Å². The van der Waals surface area contributed by atoms with Gasteiger partial charge in [0, 0.05) is 25.3 Å². The van der Waals surface area contributed by atoms with Crippen molar-refractivity contribution in [1.29, 1.82) is 0 Å². The molecule has 2 amide bonds. The zero-order valence-electron chi connectivity index (χ0n) is 17.9. The van der Waals surface area contributed by atoms with E-state index in [0.717, 1.165) is 11.3 Å². The zero-order valence-corrected chi connectivity index (χ0v) is 17.9. The van der Waals surface area contributed by atoms with Crippen molar-refractivity contribution in [3.8, 4) is 11.5 Å². The topological polar surface area (TPSA) is 99.8 Å². The maximum absolute atomic E-state index is 12.7. The van der Waals surface area contributed by atoms with Gasteiger partial charge in [-0.1, -0.05) is 6.07 Å². The Bertz CT molecular complexity index is 897. The molecule has 9 nitrogen and oxygen atoms in total. The molecule has 3 rings (SSSR count). The van der Waals surface area contributed by atoms with E-state index in [1.807, 2.05) is 44.0 Å². The Balaban J connectivity index is 1.51. The van der Waals surface area contributed by atoms with Crippen molar-refractivity contribution in [2.75, 3.05) is 46.9 Å². The van der Waals surface area contributed by atoms with Crippen LogP contribution in [0.25, 0.3) is 0 Å². The molecule has 1 aliphatic rings. The summed E-state index contributed by atoms with van der Waals surface area (Å²) in [5.74, 6) is 1.07. The Morgan fingerprint density at radius 3 is 2.77 bits per heavy atom. The fraction of sp³-hybridized carbons (Fsp3) is 0.476. The van der Waals surface area contributed by atoms with E-state index in [-0.39, 0.29) is 11.8 Å². The van der Waals surface area contributed by atoms with E-state index in [1.54, 1.807) is 12.0 Å². The summed E-state index contributed by atoms with van der Waals surface area (Å²) in [7, 11) is 3.49. The third-order valence-corrected chi connectivity index (χ3v) is 5.28. The average Bonchev–Trinajstić information content (AvgIpc) is 3.17. The molecule has 1 aromatic heterocycles. The number of nitrogens with one attached hydrogen (secondary N) is 2. The molecule has 1 fully saturated rings. The maximum atomic E-state index is 12.7. The number of rotatable bonds is 7. The van der Waals surface area contributed by atoms with Gasteiger partial charge in [-0.15, -0.1) is 0 Å². The lowest BCUT2D eigenvalue weighted by Crippen LogP contribution is -2.59. The first-order chi connectivity index (χ1) is 14.4. The summed E-state index contributed by atoms with van der Waals surface area (Å²) in [5, 5.41) is 9.60. The van der Waals surface area contributed by atoms with Crippen molar-refractivity contribution in [3.63, 3.8) is 0 Å².